The van der Waals surface area contributed by atoms with Crippen LogP contribution >= 0.6 is 0 Å². The molecule has 0 amide bonds. The molecule has 0 spiro atoms. The van der Waals surface area contributed by atoms with Gasteiger partial charge < -0.3 is 24.1 Å². The van der Waals surface area contributed by atoms with E-state index in [0.29, 0.717) is 0 Å². The first-order valence-electron chi connectivity index (χ1n) is 5.71. The molecule has 0 aliphatic carbocycles. The maximum Gasteiger partial charge on any atom is 0.190 e. The van der Waals surface area contributed by atoms with E-state index in [2.05, 4.69) is 10.0 Å². The topological polar surface area (TPSA) is 106 Å². The summed E-state index contributed by atoms with van der Waals surface area (Å²) >= 11 is 0. The number of nitrogens with zero attached hydrogens (tertiary/aromatic N) is 3. The molecule has 102 valence electrons. The average molecular weight is 259 g/mol. The van der Waals surface area contributed by atoms with Crippen LogP contribution in [-0.2, 0) is 18.9 Å². The minimum atomic E-state index is -0.952. The van der Waals surface area contributed by atoms with E-state index in [0.717, 1.165) is 0 Å². The van der Waals surface area contributed by atoms with Gasteiger partial charge in [0, 0.05) is 12.0 Å². The molecule has 5 atom stereocenters. The molecule has 2 aliphatic heterocycles. The summed E-state index contributed by atoms with van der Waals surface area (Å²) in [6, 6.07) is 0. The van der Waals surface area contributed by atoms with Crippen LogP contribution in [0.4, 0.5) is 0 Å². The van der Waals surface area contributed by atoms with Crippen molar-refractivity contribution in [3.8, 4) is 0 Å². The molecule has 0 radical (unpaired) electrons. The van der Waals surface area contributed by atoms with Crippen LogP contribution in [0.2, 0.25) is 0 Å². The lowest BCUT2D eigenvalue weighted by Crippen LogP contribution is -2.43. The van der Waals surface area contributed by atoms with Crippen molar-refractivity contribution in [1.29, 1.82) is 0 Å². The molecule has 1 N–H and O–H groups in total. The molecule has 2 heterocycles. The van der Waals surface area contributed by atoms with Gasteiger partial charge in [0.05, 0.1) is 12.6 Å². The minimum absolute atomic E-state index is 0.0795. The zero-order valence-corrected chi connectivity index (χ0v) is 10.5. The Labute approximate surface area is 104 Å². The van der Waals surface area contributed by atoms with E-state index in [1.54, 1.807) is 13.8 Å². The molecule has 2 fully saturated rings. The molecule has 0 aromatic rings. The number of fused-ring (bicyclic) bond motifs is 1. The summed E-state index contributed by atoms with van der Waals surface area (Å²) in [5, 5.41) is 13.2. The van der Waals surface area contributed by atoms with Crippen LogP contribution in [0.3, 0.4) is 0 Å². The van der Waals surface area contributed by atoms with E-state index in [4.69, 9.17) is 24.5 Å². The van der Waals surface area contributed by atoms with Gasteiger partial charge >= 0.3 is 0 Å². The maximum absolute atomic E-state index is 9.89. The first kappa shape index (κ1) is 13.5. The number of hydrogen-bond donors (Lipinski definition) is 1. The Morgan fingerprint density at radius 3 is 2.83 bits per heavy atom. The van der Waals surface area contributed by atoms with Gasteiger partial charge in [-0.1, -0.05) is 5.11 Å². The Balaban J connectivity index is 2.06. The second-order valence-electron chi connectivity index (χ2n) is 4.75. The third-order valence-corrected chi connectivity index (χ3v) is 3.01. The van der Waals surface area contributed by atoms with Crippen molar-refractivity contribution >= 4 is 0 Å². The number of hydrogen-bond acceptors (Lipinski definition) is 6. The lowest BCUT2D eigenvalue weighted by molar-refractivity contribution is -0.226. The minimum Gasteiger partial charge on any atom is -0.390 e. The molecule has 2 rings (SSSR count). The zero-order valence-electron chi connectivity index (χ0n) is 10.5. The normalized spacial score (nSPS) is 39.1. The van der Waals surface area contributed by atoms with Gasteiger partial charge in [0.25, 0.3) is 0 Å². The SMILES string of the molecule is CO[C@@H]1[C@H]2OC(C)(C)O[C@H]2O[C@@H]1[C@H](O)CN=[N+]=[N-]. The number of methoxy groups -OCH3 is 1. The Morgan fingerprint density at radius 2 is 2.22 bits per heavy atom. The van der Waals surface area contributed by atoms with Gasteiger partial charge in [0.1, 0.15) is 18.3 Å². The monoisotopic (exact) mass is 259 g/mol. The van der Waals surface area contributed by atoms with E-state index in [1.807, 2.05) is 0 Å². The third kappa shape index (κ3) is 2.44. The molecule has 0 aromatic heterocycles. The third-order valence-electron chi connectivity index (χ3n) is 3.01. The van der Waals surface area contributed by atoms with Gasteiger partial charge in [-0.15, -0.1) is 0 Å². The molecule has 2 saturated heterocycles. The van der Waals surface area contributed by atoms with Gasteiger partial charge in [-0.3, -0.25) is 0 Å². The lowest BCUT2D eigenvalue weighted by atomic mass is 10.1. The highest BCUT2D eigenvalue weighted by Crippen LogP contribution is 2.39. The van der Waals surface area contributed by atoms with Gasteiger partial charge in [-0.05, 0) is 19.4 Å². The highest BCUT2D eigenvalue weighted by Gasteiger charge is 2.56. The fourth-order valence-electron chi connectivity index (χ4n) is 2.31. The number of aliphatic hydroxyl groups is 1. The molecular formula is C10H17N3O5. The summed E-state index contributed by atoms with van der Waals surface area (Å²) in [5.41, 5.74) is 8.24. The maximum atomic E-state index is 9.89. The second-order valence-corrected chi connectivity index (χ2v) is 4.75. The number of aliphatic hydroxyl groups excluding tert-OH is 1. The quantitative estimate of drug-likeness (QED) is 0.450. The van der Waals surface area contributed by atoms with Crippen LogP contribution in [0.1, 0.15) is 13.8 Å². The highest BCUT2D eigenvalue weighted by molar-refractivity contribution is 4.97. The number of rotatable bonds is 4. The molecule has 0 aromatic carbocycles. The van der Waals surface area contributed by atoms with Gasteiger partial charge in [0.2, 0.25) is 0 Å². The van der Waals surface area contributed by atoms with Crippen molar-refractivity contribution in [2.24, 2.45) is 5.11 Å². The molecule has 0 bridgehead atoms. The van der Waals surface area contributed by atoms with Crippen molar-refractivity contribution in [3.05, 3.63) is 10.4 Å². The van der Waals surface area contributed by atoms with Gasteiger partial charge in [0.15, 0.2) is 12.1 Å². The van der Waals surface area contributed by atoms with Crippen molar-refractivity contribution < 1.29 is 24.1 Å². The fraction of sp³-hybridized carbons (Fsp3) is 1.00. The predicted molar refractivity (Wildman–Crippen MR) is 59.5 cm³/mol. The molecule has 8 nitrogen and oxygen atoms in total. The first-order valence-corrected chi connectivity index (χ1v) is 5.71. The molecule has 18 heavy (non-hydrogen) atoms. The standard InChI is InChI=1S/C10H17N3O5/c1-10(2)17-8-7(15-3)6(16-9(8)18-10)5(14)4-12-13-11/h5-9,14H,4H2,1-3H3/t5-,6-,7+,8-,9-/m1/s1. The van der Waals surface area contributed by atoms with Crippen LogP contribution in [0.25, 0.3) is 10.4 Å². The Kier molecular flexibility index (Phi) is 3.76. The summed E-state index contributed by atoms with van der Waals surface area (Å²) in [7, 11) is 1.51. The van der Waals surface area contributed by atoms with Crippen molar-refractivity contribution in [3.63, 3.8) is 0 Å². The molecular weight excluding hydrogens is 242 g/mol. The average Bonchev–Trinajstić information content (AvgIpc) is 2.77. The van der Waals surface area contributed by atoms with E-state index in [9.17, 15) is 5.11 Å². The van der Waals surface area contributed by atoms with Crippen LogP contribution in [0.15, 0.2) is 5.11 Å². The summed E-state index contributed by atoms with van der Waals surface area (Å²) in [5.74, 6) is -0.729. The summed E-state index contributed by atoms with van der Waals surface area (Å²) in [6.07, 6.45) is -3.01. The largest absolute Gasteiger partial charge is 0.390 e. The fourth-order valence-corrected chi connectivity index (χ4v) is 2.31. The van der Waals surface area contributed by atoms with Crippen molar-refractivity contribution in [2.75, 3.05) is 13.7 Å². The van der Waals surface area contributed by atoms with Crippen LogP contribution in [-0.4, -0.2) is 55.3 Å². The van der Waals surface area contributed by atoms with Crippen LogP contribution in [0.5, 0.6) is 0 Å². The number of ether oxygens (including phenoxy) is 4. The van der Waals surface area contributed by atoms with Crippen LogP contribution in [0, 0.1) is 0 Å². The summed E-state index contributed by atoms with van der Waals surface area (Å²) in [4.78, 5) is 2.60. The lowest BCUT2D eigenvalue weighted by Gasteiger charge is -2.27. The smallest absolute Gasteiger partial charge is 0.190 e. The summed E-state index contributed by atoms with van der Waals surface area (Å²) in [6.45, 7) is 3.49. The highest BCUT2D eigenvalue weighted by atomic mass is 16.8. The Hall–Kier alpha value is -0.890. The number of azide groups is 1. The van der Waals surface area contributed by atoms with Gasteiger partial charge in [-0.25, -0.2) is 0 Å². The van der Waals surface area contributed by atoms with Gasteiger partial charge in [-0.2, -0.15) is 0 Å². The summed E-state index contributed by atoms with van der Waals surface area (Å²) < 4.78 is 22.1. The molecule has 0 saturated carbocycles. The first-order chi connectivity index (χ1) is 8.48. The van der Waals surface area contributed by atoms with E-state index in [1.165, 1.54) is 7.11 Å². The Bertz CT molecular complexity index is 357. The van der Waals surface area contributed by atoms with Crippen molar-refractivity contribution in [2.45, 2.75) is 50.3 Å². The zero-order chi connectivity index (χ0) is 13.3. The molecule has 0 unspecified atom stereocenters. The second kappa shape index (κ2) is 5.00. The van der Waals surface area contributed by atoms with Crippen LogP contribution < -0.4 is 0 Å². The molecule has 8 heteroatoms. The van der Waals surface area contributed by atoms with E-state index in [-0.39, 0.29) is 6.54 Å². The van der Waals surface area contributed by atoms with E-state index >= 15 is 0 Å². The molecule has 2 aliphatic rings. The van der Waals surface area contributed by atoms with Crippen molar-refractivity contribution in [1.82, 2.24) is 0 Å². The van der Waals surface area contributed by atoms with E-state index < -0.39 is 36.5 Å². The Morgan fingerprint density at radius 1 is 1.50 bits per heavy atom. The predicted octanol–water partition coefficient (Wildman–Crippen LogP) is 0.549.